The fraction of sp³-hybridized carbons (Fsp3) is 0.292. The smallest absolute Gasteiger partial charge is 0.169 e. The predicted octanol–water partition coefficient (Wildman–Crippen LogP) is 2.60. The van der Waals surface area contributed by atoms with Crippen LogP contribution in [0.25, 0.3) is 22.2 Å². The number of hydrogen-bond acceptors (Lipinski definition) is 7. The minimum atomic E-state index is 0.0260. The van der Waals surface area contributed by atoms with Gasteiger partial charge in [0.2, 0.25) is 0 Å². The number of piperazine rings is 1. The molecule has 8 heteroatoms. The molecular formula is C24H25N7O. The van der Waals surface area contributed by atoms with Crippen molar-refractivity contribution in [2.45, 2.75) is 6.42 Å². The van der Waals surface area contributed by atoms with Crippen molar-refractivity contribution in [3.63, 3.8) is 0 Å². The van der Waals surface area contributed by atoms with Crippen molar-refractivity contribution in [1.29, 1.82) is 0 Å². The van der Waals surface area contributed by atoms with Gasteiger partial charge < -0.3 is 9.80 Å². The monoisotopic (exact) mass is 427 g/mol. The van der Waals surface area contributed by atoms with Gasteiger partial charge in [-0.25, -0.2) is 9.97 Å². The van der Waals surface area contributed by atoms with E-state index in [0.717, 1.165) is 54.2 Å². The molecule has 1 saturated heterocycles. The molecule has 0 bridgehead atoms. The van der Waals surface area contributed by atoms with E-state index in [1.54, 1.807) is 29.3 Å². The summed E-state index contributed by atoms with van der Waals surface area (Å²) in [5.74, 6) is 0.885. The lowest BCUT2D eigenvalue weighted by atomic mass is 10.1. The molecular weight excluding hydrogens is 402 g/mol. The van der Waals surface area contributed by atoms with Crippen LogP contribution < -0.4 is 4.90 Å². The Hall–Kier alpha value is -3.65. The first-order valence-electron chi connectivity index (χ1n) is 10.7. The Labute approximate surface area is 186 Å². The molecule has 0 N–H and O–H groups in total. The number of likely N-dealkylation sites (N-methyl/N-ethyl adjacent to an activating group) is 1. The van der Waals surface area contributed by atoms with E-state index in [-0.39, 0.29) is 12.2 Å². The molecule has 0 aliphatic carbocycles. The standard InChI is InChI=1S/C24H25N7O/c1-29-7-9-31(10-8-29)24-11-17(5-6-25-24)23(32)13-20-12-22-18(14-26-20)3-4-21(28-22)19-15-27-30(2)16-19/h3-6,11-12,14-16H,7-10,13H2,1-2H3. The summed E-state index contributed by atoms with van der Waals surface area (Å²) in [6.45, 7) is 3.82. The van der Waals surface area contributed by atoms with Crippen LogP contribution in [0, 0.1) is 0 Å². The number of carbonyl (C=O) groups is 1. The average Bonchev–Trinajstić information content (AvgIpc) is 3.25. The fourth-order valence-corrected chi connectivity index (χ4v) is 3.94. The third kappa shape index (κ3) is 4.22. The van der Waals surface area contributed by atoms with Gasteiger partial charge in [-0.15, -0.1) is 0 Å². The Morgan fingerprint density at radius 1 is 1.00 bits per heavy atom. The quantitative estimate of drug-likeness (QED) is 0.453. The average molecular weight is 428 g/mol. The molecule has 0 radical (unpaired) electrons. The molecule has 4 aromatic rings. The lowest BCUT2D eigenvalue weighted by Crippen LogP contribution is -2.44. The second-order valence-corrected chi connectivity index (χ2v) is 8.26. The van der Waals surface area contributed by atoms with Crippen molar-refractivity contribution in [1.82, 2.24) is 29.6 Å². The van der Waals surface area contributed by atoms with Crippen LogP contribution in [0.15, 0.2) is 55.1 Å². The van der Waals surface area contributed by atoms with Crippen molar-refractivity contribution < 1.29 is 4.79 Å². The number of aromatic nitrogens is 5. The topological polar surface area (TPSA) is 80.0 Å². The van der Waals surface area contributed by atoms with Crippen molar-refractivity contribution in [3.8, 4) is 11.3 Å². The molecule has 1 aliphatic rings. The second-order valence-electron chi connectivity index (χ2n) is 8.26. The van der Waals surface area contributed by atoms with Crippen molar-refractivity contribution in [2.24, 2.45) is 7.05 Å². The number of anilines is 1. The maximum atomic E-state index is 13.0. The number of pyridine rings is 3. The number of nitrogens with zero attached hydrogens (tertiary/aromatic N) is 7. The van der Waals surface area contributed by atoms with Crippen LogP contribution in [0.4, 0.5) is 5.82 Å². The minimum Gasteiger partial charge on any atom is -0.354 e. The van der Waals surface area contributed by atoms with Crippen molar-refractivity contribution >= 4 is 22.5 Å². The molecule has 5 heterocycles. The summed E-state index contributed by atoms with van der Waals surface area (Å²) in [6, 6.07) is 9.53. The maximum Gasteiger partial charge on any atom is 0.169 e. The van der Waals surface area contributed by atoms with E-state index in [1.165, 1.54) is 0 Å². The summed E-state index contributed by atoms with van der Waals surface area (Å²) in [5.41, 5.74) is 3.98. The SMILES string of the molecule is CN1CCN(c2cc(C(=O)Cc3cc4nc(-c5cnn(C)c5)ccc4cn3)ccn2)CC1. The zero-order chi connectivity index (χ0) is 22.1. The second kappa shape index (κ2) is 8.47. The largest absolute Gasteiger partial charge is 0.354 e. The first kappa shape index (κ1) is 20.3. The van der Waals surface area contributed by atoms with Gasteiger partial charge in [0, 0.05) is 68.3 Å². The summed E-state index contributed by atoms with van der Waals surface area (Å²) in [5, 5.41) is 5.16. The van der Waals surface area contributed by atoms with Gasteiger partial charge >= 0.3 is 0 Å². The molecule has 8 nitrogen and oxygen atoms in total. The molecule has 4 aromatic heterocycles. The van der Waals surface area contributed by atoms with Crippen LogP contribution in [0.5, 0.6) is 0 Å². The summed E-state index contributed by atoms with van der Waals surface area (Å²) >= 11 is 0. The Morgan fingerprint density at radius 3 is 2.62 bits per heavy atom. The zero-order valence-electron chi connectivity index (χ0n) is 18.3. The van der Waals surface area contributed by atoms with E-state index in [1.807, 2.05) is 37.5 Å². The number of hydrogen-bond donors (Lipinski definition) is 0. The Balaban J connectivity index is 1.36. The number of carbonyl (C=O) groups excluding carboxylic acids is 1. The Morgan fingerprint density at radius 2 is 1.84 bits per heavy atom. The van der Waals surface area contributed by atoms with Gasteiger partial charge in [0.05, 0.1) is 29.5 Å². The molecule has 0 amide bonds. The fourth-order valence-electron chi connectivity index (χ4n) is 3.94. The van der Waals surface area contributed by atoms with Gasteiger partial charge in [-0.05, 0) is 37.4 Å². The summed E-state index contributed by atoms with van der Waals surface area (Å²) < 4.78 is 1.75. The highest BCUT2D eigenvalue weighted by molar-refractivity contribution is 5.98. The summed E-state index contributed by atoms with van der Waals surface area (Å²) in [4.78, 5) is 31.3. The van der Waals surface area contributed by atoms with Gasteiger partial charge in [-0.3, -0.25) is 14.5 Å². The highest BCUT2D eigenvalue weighted by Crippen LogP contribution is 2.21. The third-order valence-corrected chi connectivity index (χ3v) is 5.87. The van der Waals surface area contributed by atoms with Gasteiger partial charge in [0.15, 0.2) is 5.78 Å². The molecule has 0 aromatic carbocycles. The van der Waals surface area contributed by atoms with Crippen LogP contribution in [-0.2, 0) is 13.5 Å². The normalized spacial score (nSPS) is 14.8. The Kier molecular flexibility index (Phi) is 5.36. The number of ketones is 1. The third-order valence-electron chi connectivity index (χ3n) is 5.87. The predicted molar refractivity (Wildman–Crippen MR) is 124 cm³/mol. The molecule has 32 heavy (non-hydrogen) atoms. The van der Waals surface area contributed by atoms with Crippen molar-refractivity contribution in [3.05, 3.63) is 66.4 Å². The first-order valence-corrected chi connectivity index (χ1v) is 10.7. The number of rotatable bonds is 5. The minimum absolute atomic E-state index is 0.0260. The maximum absolute atomic E-state index is 13.0. The van der Waals surface area contributed by atoms with Gasteiger partial charge in [0.1, 0.15) is 5.82 Å². The highest BCUT2D eigenvalue weighted by atomic mass is 16.1. The molecule has 0 spiro atoms. The van der Waals surface area contributed by atoms with Crippen molar-refractivity contribution in [2.75, 3.05) is 38.1 Å². The van der Waals surface area contributed by atoms with Gasteiger partial charge in [0.25, 0.3) is 0 Å². The van der Waals surface area contributed by atoms with Crippen LogP contribution in [0.2, 0.25) is 0 Å². The summed E-state index contributed by atoms with van der Waals surface area (Å²) in [7, 11) is 4.00. The molecule has 1 fully saturated rings. The van der Waals surface area contributed by atoms with Crippen LogP contribution in [-0.4, -0.2) is 68.6 Å². The first-order chi connectivity index (χ1) is 15.5. The van der Waals surface area contributed by atoms with Crippen LogP contribution >= 0.6 is 0 Å². The van der Waals surface area contributed by atoms with E-state index in [9.17, 15) is 4.79 Å². The van der Waals surface area contributed by atoms with Crippen LogP contribution in [0.1, 0.15) is 16.1 Å². The lowest BCUT2D eigenvalue weighted by Gasteiger charge is -2.33. The summed E-state index contributed by atoms with van der Waals surface area (Å²) in [6.07, 6.45) is 7.44. The van der Waals surface area contributed by atoms with E-state index < -0.39 is 0 Å². The highest BCUT2D eigenvalue weighted by Gasteiger charge is 2.17. The van der Waals surface area contributed by atoms with E-state index in [0.29, 0.717) is 11.3 Å². The zero-order valence-corrected chi connectivity index (χ0v) is 18.3. The number of Topliss-reactive ketones (excluding diaryl/α,β-unsaturated/α-hetero) is 1. The molecule has 0 saturated carbocycles. The molecule has 162 valence electrons. The number of fused-ring (bicyclic) bond motifs is 1. The molecule has 0 atom stereocenters. The molecule has 0 unspecified atom stereocenters. The van der Waals surface area contributed by atoms with E-state index in [4.69, 9.17) is 4.98 Å². The van der Waals surface area contributed by atoms with Crippen LogP contribution in [0.3, 0.4) is 0 Å². The Bertz CT molecular complexity index is 1270. The molecule has 1 aliphatic heterocycles. The van der Waals surface area contributed by atoms with E-state index in [2.05, 4.69) is 31.9 Å². The number of aryl methyl sites for hydroxylation is 1. The molecule has 5 rings (SSSR count). The lowest BCUT2D eigenvalue weighted by molar-refractivity contribution is 0.0992. The van der Waals surface area contributed by atoms with Gasteiger partial charge in [-0.2, -0.15) is 5.10 Å². The van der Waals surface area contributed by atoms with Gasteiger partial charge in [-0.1, -0.05) is 0 Å². The van der Waals surface area contributed by atoms with E-state index >= 15 is 0 Å².